The van der Waals surface area contributed by atoms with Gasteiger partial charge in [0.2, 0.25) is 7.26 Å². The molecule has 268 valence electrons. The monoisotopic (exact) mass is 755 g/mol. The van der Waals surface area contributed by atoms with Gasteiger partial charge in [0.05, 0.1) is 33.4 Å². The van der Waals surface area contributed by atoms with Gasteiger partial charge in [-0.05, 0) is 54.6 Å². The zero-order chi connectivity index (χ0) is 36.6. The van der Waals surface area contributed by atoms with Crippen molar-refractivity contribution in [3.63, 3.8) is 0 Å². The predicted octanol–water partition coefficient (Wildman–Crippen LogP) is 11.2. The summed E-state index contributed by atoms with van der Waals surface area (Å²) in [4.78, 5) is 0. The van der Waals surface area contributed by atoms with E-state index in [4.69, 9.17) is 0 Å². The molecule has 0 radical (unpaired) electrons. The summed E-state index contributed by atoms with van der Waals surface area (Å²) in [5.74, 6) is -6.76. The molecule has 0 heterocycles. The van der Waals surface area contributed by atoms with Crippen LogP contribution < -0.4 is 15.9 Å². The van der Waals surface area contributed by atoms with Gasteiger partial charge in [-0.15, -0.1) is 13.2 Å². The minimum Gasteiger partial charge on any atom is -0.166 e. The van der Waals surface area contributed by atoms with E-state index in [-0.39, 0.29) is 7.43 Å². The van der Waals surface area contributed by atoms with Crippen LogP contribution in [0.5, 0.6) is 0 Å². The maximum Gasteiger partial charge on any atom is 0.524 e. The van der Waals surface area contributed by atoms with E-state index in [0.29, 0.717) is 0 Å². The number of halogens is 21. The van der Waals surface area contributed by atoms with Gasteiger partial charge in [-0.1, -0.05) is 7.43 Å². The zero-order valence-corrected chi connectivity index (χ0v) is 22.5. The molecular weight excluding hydrogens is 742 g/mol. The van der Waals surface area contributed by atoms with Crippen molar-refractivity contribution in [1.82, 2.24) is 0 Å². The molecule has 0 atom stereocenters. The third-order valence-electron chi connectivity index (χ3n) is 6.26. The van der Waals surface area contributed by atoms with Gasteiger partial charge in [-0.25, -0.2) is 0 Å². The topological polar surface area (TPSA) is 0 Å². The van der Waals surface area contributed by atoms with Crippen LogP contribution in [-0.2, 0) is 37.1 Å². The van der Waals surface area contributed by atoms with Crippen LogP contribution in [0.1, 0.15) is 40.8 Å². The molecule has 3 aromatic carbocycles. The Bertz CT molecular complexity index is 1350. The van der Waals surface area contributed by atoms with Crippen molar-refractivity contribution in [2.45, 2.75) is 50.4 Å². The van der Waals surface area contributed by atoms with Crippen LogP contribution in [0.2, 0.25) is 0 Å². The Labute approximate surface area is 254 Å². The average Bonchev–Trinajstić information content (AvgIpc) is 2.84. The van der Waals surface area contributed by atoms with E-state index in [9.17, 15) is 79.0 Å². The van der Waals surface area contributed by atoms with Crippen LogP contribution in [0.3, 0.4) is 0 Å². The van der Waals surface area contributed by atoms with Crippen LogP contribution in [-0.4, -0.2) is 5.92 Å². The first-order valence-corrected chi connectivity index (χ1v) is 13.3. The van der Waals surface area contributed by atoms with Gasteiger partial charge in [0.25, 0.3) is 0 Å². The molecule has 0 unspecified atom stereocenters. The smallest absolute Gasteiger partial charge is 0.166 e. The molecule has 0 fully saturated rings. The van der Waals surface area contributed by atoms with Gasteiger partial charge in [0, 0.05) is 0 Å². The largest absolute Gasteiger partial charge is 0.524 e. The zero-order valence-electron chi connectivity index (χ0n) is 21.6. The van der Waals surface area contributed by atoms with Crippen molar-refractivity contribution < 1.29 is 92.2 Å². The van der Waals surface area contributed by atoms with Gasteiger partial charge < -0.3 is 0 Å². The number of alkyl halides is 21. The Morgan fingerprint density at radius 3 is 0.521 bits per heavy atom. The molecule has 0 aliphatic carbocycles. The molecule has 0 bridgehead atoms. The lowest BCUT2D eigenvalue weighted by Gasteiger charge is -2.31. The molecule has 0 aliphatic rings. The Morgan fingerprint density at radius 1 is 0.271 bits per heavy atom. The van der Waals surface area contributed by atoms with Crippen molar-refractivity contribution in [2.24, 2.45) is 0 Å². The van der Waals surface area contributed by atoms with E-state index in [1.807, 2.05) is 0 Å². The first-order chi connectivity index (χ1) is 20.7. The number of hydrogen-bond acceptors (Lipinski definition) is 0. The van der Waals surface area contributed by atoms with E-state index in [1.54, 1.807) is 0 Å². The van der Waals surface area contributed by atoms with Crippen molar-refractivity contribution in [1.29, 1.82) is 0 Å². The summed E-state index contributed by atoms with van der Waals surface area (Å²) >= 11 is 0. The van der Waals surface area contributed by atoms with Gasteiger partial charge in [-0.2, -0.15) is 79.0 Å². The fraction of sp³-hybridized carbons (Fsp3) is 0.308. The SMILES string of the molecule is C.FC(F)(F)c1cc(C(F)(F)F)cc([P+](c2cc(C(F)(F)F)cc(C(F)(F)F)c2)(c2cc(C(F)(F)F)cc(C(F)(F)F)c2)C(F)(F)F)c1. The average molecular weight is 755 g/mol. The molecule has 0 amide bonds. The number of benzene rings is 3. The van der Waals surface area contributed by atoms with E-state index >= 15 is 13.2 Å². The molecule has 48 heavy (non-hydrogen) atoms. The second-order valence-electron chi connectivity index (χ2n) is 9.43. The predicted molar refractivity (Wildman–Crippen MR) is 128 cm³/mol. The quantitative estimate of drug-likeness (QED) is 0.185. The first kappa shape index (κ1) is 40.8. The fourth-order valence-corrected chi connectivity index (χ4v) is 8.05. The standard InChI is InChI=1S/C25H9F21P.CH4/c26-19(27,28)10-1-11(20(29,30)31)5-16(4-10)47(25(44,45)46,17-6-12(21(32,33)34)2-13(7-17)22(35,36)37)18-8-14(23(38,39)40)3-15(9-18)24(41,42)43;/h1-9H;1H4/q+1;. The lowest BCUT2D eigenvalue weighted by Crippen LogP contribution is -2.42. The highest BCUT2D eigenvalue weighted by Gasteiger charge is 2.69. The van der Waals surface area contributed by atoms with E-state index in [2.05, 4.69) is 0 Å². The highest BCUT2D eigenvalue weighted by molar-refractivity contribution is 7.96. The van der Waals surface area contributed by atoms with Crippen molar-refractivity contribution in [2.75, 3.05) is 0 Å². The van der Waals surface area contributed by atoms with Crippen molar-refractivity contribution in [3.05, 3.63) is 88.0 Å². The number of hydrogen-bond donors (Lipinski definition) is 0. The molecule has 0 aliphatic heterocycles. The van der Waals surface area contributed by atoms with Gasteiger partial charge >= 0.3 is 43.0 Å². The lowest BCUT2D eigenvalue weighted by atomic mass is 10.1. The Kier molecular flexibility index (Phi) is 10.4. The molecular formula is C26H13F21P+. The fourth-order valence-electron chi connectivity index (χ4n) is 4.28. The Morgan fingerprint density at radius 2 is 0.417 bits per heavy atom. The third kappa shape index (κ3) is 8.07. The van der Waals surface area contributed by atoms with Crippen LogP contribution in [0, 0.1) is 0 Å². The molecule has 0 saturated heterocycles. The highest BCUT2D eigenvalue weighted by Crippen LogP contribution is 2.69. The van der Waals surface area contributed by atoms with Crippen LogP contribution >= 0.6 is 7.26 Å². The Hall–Kier alpha value is -3.38. The third-order valence-corrected chi connectivity index (χ3v) is 10.1. The second-order valence-corrected chi connectivity index (χ2v) is 12.8. The van der Waals surface area contributed by atoms with Crippen molar-refractivity contribution >= 4 is 23.2 Å². The van der Waals surface area contributed by atoms with Gasteiger partial charge in [-0.3, -0.25) is 0 Å². The summed E-state index contributed by atoms with van der Waals surface area (Å²) in [7, 11) is -7.32. The second kappa shape index (κ2) is 12.2. The summed E-state index contributed by atoms with van der Waals surface area (Å²) in [5, 5.41) is -7.56. The molecule has 0 aromatic heterocycles. The molecule has 3 aromatic rings. The maximum absolute atomic E-state index is 15.4. The first-order valence-electron chi connectivity index (χ1n) is 11.6. The summed E-state index contributed by atoms with van der Waals surface area (Å²) in [6.45, 7) is 0. The molecule has 0 saturated carbocycles. The van der Waals surface area contributed by atoms with E-state index < -0.39 is 154 Å². The highest BCUT2D eigenvalue weighted by atomic mass is 31.2. The molecule has 0 nitrogen and oxygen atoms in total. The van der Waals surface area contributed by atoms with Gasteiger partial charge in [0.1, 0.15) is 15.9 Å². The number of rotatable bonds is 3. The van der Waals surface area contributed by atoms with Crippen molar-refractivity contribution in [3.8, 4) is 0 Å². The van der Waals surface area contributed by atoms with E-state index in [0.717, 1.165) is 0 Å². The van der Waals surface area contributed by atoms with Crippen LogP contribution in [0.25, 0.3) is 0 Å². The lowest BCUT2D eigenvalue weighted by molar-refractivity contribution is -0.144. The summed E-state index contributed by atoms with van der Waals surface area (Å²) in [5.41, 5.74) is -16.1. The minimum atomic E-state index is -7.32. The van der Waals surface area contributed by atoms with Gasteiger partial charge in [0.15, 0.2) is 0 Å². The summed E-state index contributed by atoms with van der Waals surface area (Å²) in [6.07, 6.45) is -36.4. The molecule has 0 spiro atoms. The maximum atomic E-state index is 15.4. The summed E-state index contributed by atoms with van der Waals surface area (Å²) < 4.78 is 292. The normalized spacial score (nSPS) is 14.2. The van der Waals surface area contributed by atoms with Crippen LogP contribution in [0.4, 0.5) is 92.2 Å². The molecule has 22 heteroatoms. The molecule has 3 rings (SSSR count). The van der Waals surface area contributed by atoms with Crippen LogP contribution in [0.15, 0.2) is 54.6 Å². The minimum absolute atomic E-state index is 0. The Balaban J connectivity index is 0.00000800. The van der Waals surface area contributed by atoms with E-state index in [1.165, 1.54) is 0 Å². The summed E-state index contributed by atoms with van der Waals surface area (Å²) in [6, 6.07) is -7.61. The molecule has 0 N–H and O–H groups in total.